The van der Waals surface area contributed by atoms with E-state index in [1.807, 2.05) is 0 Å². The van der Waals surface area contributed by atoms with Crippen LogP contribution in [-0.2, 0) is 0 Å². The second-order valence-electron chi connectivity index (χ2n) is 2.09. The molecule has 1 heterocycles. The predicted molar refractivity (Wildman–Crippen MR) is 51.3 cm³/mol. The fourth-order valence-electron chi connectivity index (χ4n) is 0.583. The molecule has 0 aromatic carbocycles. The molecule has 13 heavy (non-hydrogen) atoms. The highest BCUT2D eigenvalue weighted by Crippen LogP contribution is 2.38. The molecular weight excluding hydrogens is 337 g/mol. The standard InChI is InChI=1S/C6H3Br2F3OS/c7-4-1-3(5(8)13-4)12-2-6(9,10)11/h1H,2H2. The first kappa shape index (κ1) is 11.3. The summed E-state index contributed by atoms with van der Waals surface area (Å²) in [6, 6.07) is 1.49. The van der Waals surface area contributed by atoms with Crippen molar-refractivity contribution in [1.82, 2.24) is 0 Å². The van der Waals surface area contributed by atoms with Gasteiger partial charge in [0, 0.05) is 6.07 Å². The van der Waals surface area contributed by atoms with Crippen LogP contribution in [0.4, 0.5) is 13.2 Å². The maximum atomic E-state index is 11.7. The number of rotatable bonds is 2. The Hall–Kier alpha value is 0.250. The molecule has 0 atom stereocenters. The Morgan fingerprint density at radius 2 is 2.00 bits per heavy atom. The van der Waals surface area contributed by atoms with Gasteiger partial charge in [0.2, 0.25) is 0 Å². The van der Waals surface area contributed by atoms with Gasteiger partial charge < -0.3 is 4.74 Å². The lowest BCUT2D eigenvalue weighted by molar-refractivity contribution is -0.153. The minimum atomic E-state index is -4.30. The SMILES string of the molecule is FC(F)(F)COc1cc(Br)sc1Br. The van der Waals surface area contributed by atoms with Gasteiger partial charge in [0.05, 0.1) is 3.79 Å². The van der Waals surface area contributed by atoms with Gasteiger partial charge in [-0.25, -0.2) is 0 Å². The molecule has 0 spiro atoms. The third kappa shape index (κ3) is 3.86. The average Bonchev–Trinajstić information content (AvgIpc) is 2.24. The van der Waals surface area contributed by atoms with Crippen molar-refractivity contribution in [1.29, 1.82) is 0 Å². The molecule has 0 aliphatic rings. The largest absolute Gasteiger partial charge is 0.482 e. The van der Waals surface area contributed by atoms with Crippen LogP contribution in [0, 0.1) is 0 Å². The highest BCUT2D eigenvalue weighted by Gasteiger charge is 2.29. The van der Waals surface area contributed by atoms with Crippen molar-refractivity contribution in [3.63, 3.8) is 0 Å². The van der Waals surface area contributed by atoms with Crippen molar-refractivity contribution in [3.8, 4) is 5.75 Å². The van der Waals surface area contributed by atoms with Gasteiger partial charge >= 0.3 is 6.18 Å². The van der Waals surface area contributed by atoms with Crippen molar-refractivity contribution in [3.05, 3.63) is 13.6 Å². The normalized spacial score (nSPS) is 11.8. The minimum absolute atomic E-state index is 0.203. The number of halogens is 5. The summed E-state index contributed by atoms with van der Waals surface area (Å²) in [7, 11) is 0. The Labute approximate surface area is 93.1 Å². The van der Waals surface area contributed by atoms with Gasteiger partial charge in [0.1, 0.15) is 9.54 Å². The first-order chi connectivity index (χ1) is 5.88. The lowest BCUT2D eigenvalue weighted by Gasteiger charge is -2.07. The number of hydrogen-bond acceptors (Lipinski definition) is 2. The molecule has 0 N–H and O–H groups in total. The Kier molecular flexibility index (Phi) is 3.64. The Balaban J connectivity index is 2.59. The van der Waals surface area contributed by atoms with Crippen molar-refractivity contribution < 1.29 is 17.9 Å². The number of alkyl halides is 3. The van der Waals surface area contributed by atoms with Crippen molar-refractivity contribution in [2.45, 2.75) is 6.18 Å². The second kappa shape index (κ2) is 4.18. The molecule has 0 saturated heterocycles. The zero-order valence-electron chi connectivity index (χ0n) is 5.99. The summed E-state index contributed by atoms with van der Waals surface area (Å²) >= 11 is 7.47. The number of ether oxygens (including phenoxy) is 1. The molecule has 74 valence electrons. The van der Waals surface area contributed by atoms with Crippen LogP contribution in [0.3, 0.4) is 0 Å². The van der Waals surface area contributed by atoms with Crippen LogP contribution in [-0.4, -0.2) is 12.8 Å². The molecule has 1 aromatic heterocycles. The van der Waals surface area contributed by atoms with E-state index in [0.29, 0.717) is 3.79 Å². The quantitative estimate of drug-likeness (QED) is 0.784. The lowest BCUT2D eigenvalue weighted by Crippen LogP contribution is -2.19. The first-order valence-electron chi connectivity index (χ1n) is 3.03. The molecule has 0 bridgehead atoms. The summed E-state index contributed by atoms with van der Waals surface area (Å²) in [6.07, 6.45) is -4.30. The molecule has 0 amide bonds. The summed E-state index contributed by atoms with van der Waals surface area (Å²) < 4.78 is 41.0. The maximum absolute atomic E-state index is 11.7. The molecule has 0 radical (unpaired) electrons. The summed E-state index contributed by atoms with van der Waals surface area (Å²) in [5, 5.41) is 0. The second-order valence-corrected chi connectivity index (χ2v) is 5.84. The van der Waals surface area contributed by atoms with E-state index in [1.165, 1.54) is 17.4 Å². The highest BCUT2D eigenvalue weighted by atomic mass is 79.9. The Morgan fingerprint density at radius 3 is 2.38 bits per heavy atom. The van der Waals surface area contributed by atoms with E-state index in [-0.39, 0.29) is 5.75 Å². The van der Waals surface area contributed by atoms with Gasteiger partial charge in [-0.3, -0.25) is 0 Å². The molecular formula is C6H3Br2F3OS. The van der Waals surface area contributed by atoms with E-state index >= 15 is 0 Å². The predicted octanol–water partition coefficient (Wildman–Crippen LogP) is 4.21. The van der Waals surface area contributed by atoms with Crippen LogP contribution in [0.1, 0.15) is 0 Å². The van der Waals surface area contributed by atoms with Crippen LogP contribution in [0.25, 0.3) is 0 Å². The summed E-state index contributed by atoms with van der Waals surface area (Å²) in [4.78, 5) is 0. The van der Waals surface area contributed by atoms with Crippen LogP contribution < -0.4 is 4.74 Å². The van der Waals surface area contributed by atoms with E-state index in [4.69, 9.17) is 0 Å². The third-order valence-corrected chi connectivity index (χ3v) is 3.30. The number of hydrogen-bond donors (Lipinski definition) is 0. The van der Waals surface area contributed by atoms with Crippen LogP contribution in [0.5, 0.6) is 5.75 Å². The molecule has 0 saturated carbocycles. The van der Waals surface area contributed by atoms with Gasteiger partial charge in [0.15, 0.2) is 6.61 Å². The topological polar surface area (TPSA) is 9.23 Å². The van der Waals surface area contributed by atoms with E-state index in [0.717, 1.165) is 3.79 Å². The first-order valence-corrected chi connectivity index (χ1v) is 5.43. The van der Waals surface area contributed by atoms with Gasteiger partial charge in [-0.1, -0.05) is 0 Å². The van der Waals surface area contributed by atoms with E-state index < -0.39 is 12.8 Å². The summed E-state index contributed by atoms with van der Waals surface area (Å²) in [6.45, 7) is -1.27. The lowest BCUT2D eigenvalue weighted by atomic mass is 10.6. The molecule has 1 aromatic rings. The molecule has 1 nitrogen and oxygen atoms in total. The average molecular weight is 340 g/mol. The molecule has 1 rings (SSSR count). The van der Waals surface area contributed by atoms with Crippen molar-refractivity contribution in [2.75, 3.05) is 6.61 Å². The van der Waals surface area contributed by atoms with Crippen molar-refractivity contribution in [2.24, 2.45) is 0 Å². The summed E-state index contributed by atoms with van der Waals surface area (Å²) in [5.74, 6) is 0.203. The van der Waals surface area contributed by atoms with E-state index in [2.05, 4.69) is 36.6 Å². The van der Waals surface area contributed by atoms with Gasteiger partial charge in [-0.2, -0.15) is 13.2 Å². The molecule has 0 aliphatic heterocycles. The Bertz CT molecular complexity index is 297. The van der Waals surface area contributed by atoms with E-state index in [9.17, 15) is 13.2 Å². The zero-order chi connectivity index (χ0) is 10.1. The molecule has 0 aliphatic carbocycles. The minimum Gasteiger partial charge on any atom is -0.482 e. The molecule has 7 heteroatoms. The highest BCUT2D eigenvalue weighted by molar-refractivity contribution is 9.12. The van der Waals surface area contributed by atoms with Crippen LogP contribution in [0.15, 0.2) is 13.6 Å². The number of thiophene rings is 1. The van der Waals surface area contributed by atoms with Crippen LogP contribution in [0.2, 0.25) is 0 Å². The fourth-order valence-corrected chi connectivity index (χ4v) is 3.24. The smallest absolute Gasteiger partial charge is 0.422 e. The van der Waals surface area contributed by atoms with Gasteiger partial charge in [0.25, 0.3) is 0 Å². The van der Waals surface area contributed by atoms with Crippen LogP contribution >= 0.6 is 43.2 Å². The maximum Gasteiger partial charge on any atom is 0.422 e. The monoisotopic (exact) mass is 338 g/mol. The fraction of sp³-hybridized carbons (Fsp3) is 0.333. The third-order valence-electron chi connectivity index (χ3n) is 1.02. The van der Waals surface area contributed by atoms with E-state index in [1.54, 1.807) is 0 Å². The molecule has 0 fully saturated rings. The van der Waals surface area contributed by atoms with Crippen molar-refractivity contribution >= 4 is 43.2 Å². The van der Waals surface area contributed by atoms with Gasteiger partial charge in [-0.05, 0) is 31.9 Å². The Morgan fingerprint density at radius 1 is 1.38 bits per heavy atom. The molecule has 0 unspecified atom stereocenters. The van der Waals surface area contributed by atoms with Gasteiger partial charge in [-0.15, -0.1) is 11.3 Å². The zero-order valence-corrected chi connectivity index (χ0v) is 9.98. The summed E-state index contributed by atoms with van der Waals surface area (Å²) in [5.41, 5.74) is 0.